The van der Waals surface area contributed by atoms with Crippen molar-refractivity contribution in [1.82, 2.24) is 19.9 Å². The van der Waals surface area contributed by atoms with Crippen molar-refractivity contribution in [2.24, 2.45) is 0 Å². The summed E-state index contributed by atoms with van der Waals surface area (Å²) in [6.45, 7) is 0. The average molecular weight is 214 g/mol. The van der Waals surface area contributed by atoms with Gasteiger partial charge in [0.2, 0.25) is 0 Å². The zero-order valence-corrected chi connectivity index (χ0v) is 8.18. The largest absolute Gasteiger partial charge is 0.335 e. The standard InChI is InChI=1S/C11H7FN4/c12-8-3-1-7(2-4-8)10-15-9-5-13-6-14-11(9)16-10/h1-6H,(H,13,14,15,16). The molecule has 0 atom stereocenters. The molecule has 1 N–H and O–H groups in total. The Labute approximate surface area is 90.2 Å². The van der Waals surface area contributed by atoms with Crippen molar-refractivity contribution in [3.05, 3.63) is 42.6 Å². The molecule has 0 aliphatic heterocycles. The lowest BCUT2D eigenvalue weighted by molar-refractivity contribution is 0.628. The van der Waals surface area contributed by atoms with Crippen LogP contribution in [-0.4, -0.2) is 19.9 Å². The van der Waals surface area contributed by atoms with Crippen LogP contribution in [0, 0.1) is 5.82 Å². The Hall–Kier alpha value is -2.30. The van der Waals surface area contributed by atoms with E-state index in [1.54, 1.807) is 18.3 Å². The number of nitrogens with one attached hydrogen (secondary N) is 1. The molecule has 0 unspecified atom stereocenters. The molecule has 2 aromatic heterocycles. The summed E-state index contributed by atoms with van der Waals surface area (Å²) in [5.74, 6) is 0.398. The zero-order chi connectivity index (χ0) is 11.0. The van der Waals surface area contributed by atoms with Gasteiger partial charge in [-0.25, -0.2) is 19.3 Å². The first kappa shape index (κ1) is 8.96. The van der Waals surface area contributed by atoms with E-state index < -0.39 is 0 Å². The smallest absolute Gasteiger partial charge is 0.181 e. The topological polar surface area (TPSA) is 54.5 Å². The van der Waals surface area contributed by atoms with Crippen molar-refractivity contribution >= 4 is 11.2 Å². The van der Waals surface area contributed by atoms with Crippen molar-refractivity contribution in [3.63, 3.8) is 0 Å². The van der Waals surface area contributed by atoms with Crippen LogP contribution in [0.25, 0.3) is 22.6 Å². The first-order chi connectivity index (χ1) is 7.83. The quantitative estimate of drug-likeness (QED) is 0.675. The molecule has 0 aliphatic rings. The van der Waals surface area contributed by atoms with Crippen molar-refractivity contribution in [2.75, 3.05) is 0 Å². The minimum absolute atomic E-state index is 0.264. The Bertz CT molecular complexity index is 597. The Kier molecular flexibility index (Phi) is 1.89. The number of fused-ring (bicyclic) bond motifs is 1. The molecule has 1 aromatic carbocycles. The van der Waals surface area contributed by atoms with Crippen LogP contribution in [0.4, 0.5) is 4.39 Å². The molecule has 0 fully saturated rings. The van der Waals surface area contributed by atoms with Crippen molar-refractivity contribution in [3.8, 4) is 11.4 Å². The highest BCUT2D eigenvalue weighted by atomic mass is 19.1. The lowest BCUT2D eigenvalue weighted by Crippen LogP contribution is -1.80. The number of hydrogen-bond acceptors (Lipinski definition) is 3. The van der Waals surface area contributed by atoms with Gasteiger partial charge in [0.15, 0.2) is 5.65 Å². The highest BCUT2D eigenvalue weighted by Crippen LogP contribution is 2.18. The molecule has 0 bridgehead atoms. The van der Waals surface area contributed by atoms with Gasteiger partial charge in [-0.2, -0.15) is 0 Å². The number of H-pyrrole nitrogens is 1. The fraction of sp³-hybridized carbons (Fsp3) is 0. The highest BCUT2D eigenvalue weighted by Gasteiger charge is 2.05. The molecule has 0 aliphatic carbocycles. The minimum atomic E-state index is -0.264. The SMILES string of the molecule is Fc1ccc(-c2nc3ncncc3[nH]2)cc1. The Balaban J connectivity index is 2.15. The Morgan fingerprint density at radius 3 is 2.69 bits per heavy atom. The number of imidazole rings is 1. The van der Waals surface area contributed by atoms with E-state index >= 15 is 0 Å². The molecule has 3 rings (SSSR count). The zero-order valence-electron chi connectivity index (χ0n) is 8.18. The summed E-state index contributed by atoms with van der Waals surface area (Å²) < 4.78 is 12.8. The van der Waals surface area contributed by atoms with Crippen LogP contribution in [0.1, 0.15) is 0 Å². The summed E-state index contributed by atoms with van der Waals surface area (Å²) in [5.41, 5.74) is 2.19. The molecule has 4 nitrogen and oxygen atoms in total. The van der Waals surface area contributed by atoms with Gasteiger partial charge in [0, 0.05) is 5.56 Å². The van der Waals surface area contributed by atoms with E-state index in [-0.39, 0.29) is 5.82 Å². The molecule has 0 amide bonds. The number of aromatic nitrogens is 4. The Morgan fingerprint density at radius 2 is 1.94 bits per heavy atom. The number of nitrogens with zero attached hydrogens (tertiary/aromatic N) is 3. The van der Waals surface area contributed by atoms with E-state index in [1.165, 1.54) is 18.5 Å². The van der Waals surface area contributed by atoms with E-state index in [0.717, 1.165) is 11.1 Å². The lowest BCUT2D eigenvalue weighted by atomic mass is 10.2. The van der Waals surface area contributed by atoms with E-state index in [2.05, 4.69) is 19.9 Å². The van der Waals surface area contributed by atoms with Gasteiger partial charge < -0.3 is 4.98 Å². The summed E-state index contributed by atoms with van der Waals surface area (Å²) in [7, 11) is 0. The number of benzene rings is 1. The van der Waals surface area contributed by atoms with Gasteiger partial charge in [-0.1, -0.05) is 0 Å². The van der Waals surface area contributed by atoms with Crippen LogP contribution in [0.15, 0.2) is 36.8 Å². The maximum absolute atomic E-state index is 12.8. The van der Waals surface area contributed by atoms with Crippen LogP contribution in [0.5, 0.6) is 0 Å². The Morgan fingerprint density at radius 1 is 1.12 bits per heavy atom. The van der Waals surface area contributed by atoms with Gasteiger partial charge in [-0.15, -0.1) is 0 Å². The highest BCUT2D eigenvalue weighted by molar-refractivity contribution is 5.74. The average Bonchev–Trinajstić information content (AvgIpc) is 2.73. The summed E-state index contributed by atoms with van der Waals surface area (Å²) in [4.78, 5) is 15.3. The third-order valence-corrected chi connectivity index (χ3v) is 2.28. The lowest BCUT2D eigenvalue weighted by Gasteiger charge is -1.94. The van der Waals surface area contributed by atoms with Crippen molar-refractivity contribution in [2.45, 2.75) is 0 Å². The molecular formula is C11H7FN4. The minimum Gasteiger partial charge on any atom is -0.335 e. The number of rotatable bonds is 1. The van der Waals surface area contributed by atoms with Gasteiger partial charge in [-0.3, -0.25) is 0 Å². The van der Waals surface area contributed by atoms with Crippen molar-refractivity contribution in [1.29, 1.82) is 0 Å². The van der Waals surface area contributed by atoms with Gasteiger partial charge in [0.05, 0.1) is 6.20 Å². The number of aromatic amines is 1. The van der Waals surface area contributed by atoms with Crippen LogP contribution in [-0.2, 0) is 0 Å². The molecule has 2 heterocycles. The summed E-state index contributed by atoms with van der Waals surface area (Å²) in [6, 6.07) is 6.13. The van der Waals surface area contributed by atoms with E-state index in [4.69, 9.17) is 0 Å². The normalized spacial score (nSPS) is 10.8. The maximum Gasteiger partial charge on any atom is 0.181 e. The van der Waals surface area contributed by atoms with Gasteiger partial charge in [0.25, 0.3) is 0 Å². The maximum atomic E-state index is 12.8. The summed E-state index contributed by atoms with van der Waals surface area (Å²) in [6.07, 6.45) is 3.10. The van der Waals surface area contributed by atoms with Gasteiger partial charge in [-0.05, 0) is 24.3 Å². The molecule has 5 heteroatoms. The molecule has 78 valence electrons. The number of halogens is 1. The van der Waals surface area contributed by atoms with E-state index in [0.29, 0.717) is 11.5 Å². The van der Waals surface area contributed by atoms with E-state index in [9.17, 15) is 4.39 Å². The second-order valence-electron chi connectivity index (χ2n) is 3.35. The van der Waals surface area contributed by atoms with Crippen LogP contribution < -0.4 is 0 Å². The predicted molar refractivity (Wildman–Crippen MR) is 57.1 cm³/mol. The molecule has 0 saturated heterocycles. The van der Waals surface area contributed by atoms with Gasteiger partial charge >= 0.3 is 0 Å². The van der Waals surface area contributed by atoms with Crippen LogP contribution in [0.3, 0.4) is 0 Å². The predicted octanol–water partition coefficient (Wildman–Crippen LogP) is 2.16. The summed E-state index contributed by atoms with van der Waals surface area (Å²) >= 11 is 0. The fourth-order valence-corrected chi connectivity index (χ4v) is 1.51. The number of hydrogen-bond donors (Lipinski definition) is 1. The molecule has 0 saturated carbocycles. The first-order valence-electron chi connectivity index (χ1n) is 4.74. The molecule has 3 aromatic rings. The monoisotopic (exact) mass is 214 g/mol. The molecule has 0 spiro atoms. The second kappa shape index (κ2) is 3.37. The molecule has 0 radical (unpaired) electrons. The van der Waals surface area contributed by atoms with E-state index in [1.807, 2.05) is 0 Å². The summed E-state index contributed by atoms with van der Waals surface area (Å²) in [5, 5.41) is 0. The van der Waals surface area contributed by atoms with Crippen molar-refractivity contribution < 1.29 is 4.39 Å². The van der Waals surface area contributed by atoms with Gasteiger partial charge in [0.1, 0.15) is 23.5 Å². The van der Waals surface area contributed by atoms with Crippen LogP contribution in [0.2, 0.25) is 0 Å². The second-order valence-corrected chi connectivity index (χ2v) is 3.35. The third kappa shape index (κ3) is 1.42. The molecular weight excluding hydrogens is 207 g/mol. The van der Waals surface area contributed by atoms with Crippen LogP contribution >= 0.6 is 0 Å². The fourth-order valence-electron chi connectivity index (χ4n) is 1.51. The first-order valence-corrected chi connectivity index (χ1v) is 4.74. The molecule has 16 heavy (non-hydrogen) atoms. The third-order valence-electron chi connectivity index (χ3n) is 2.28.